The normalized spacial score (nSPS) is 11.2. The molecule has 0 N–H and O–H groups in total. The van der Waals surface area contributed by atoms with Gasteiger partial charge in [-0.05, 0) is 35.3 Å². The predicted octanol–water partition coefficient (Wildman–Crippen LogP) is 4.58. The van der Waals surface area contributed by atoms with Crippen LogP contribution >= 0.6 is 15.9 Å². The zero-order chi connectivity index (χ0) is 13.3. The summed E-state index contributed by atoms with van der Waals surface area (Å²) in [5, 5.41) is 4.23. The Morgan fingerprint density at radius 1 is 1.39 bits per heavy atom. The summed E-state index contributed by atoms with van der Waals surface area (Å²) in [6, 6.07) is 5.56. The fraction of sp³-hybridized carbons (Fsp3) is 0.308. The second-order valence-electron chi connectivity index (χ2n) is 4.03. The highest BCUT2D eigenvalue weighted by Crippen LogP contribution is 2.35. The van der Waals surface area contributed by atoms with Crippen LogP contribution in [0.3, 0.4) is 0 Å². The number of hydrogen-bond acceptors (Lipinski definition) is 1. The van der Waals surface area contributed by atoms with E-state index in [1.807, 2.05) is 26.0 Å². The molecule has 0 amide bonds. The van der Waals surface area contributed by atoms with Gasteiger partial charge in [-0.1, -0.05) is 18.2 Å². The van der Waals surface area contributed by atoms with Crippen LogP contribution in [0.4, 0.5) is 8.78 Å². The molecule has 1 aromatic heterocycles. The maximum absolute atomic E-state index is 13.0. The Labute approximate surface area is 113 Å². The van der Waals surface area contributed by atoms with E-state index >= 15 is 0 Å². The molecule has 0 aliphatic rings. The van der Waals surface area contributed by atoms with Gasteiger partial charge >= 0.3 is 0 Å². The predicted molar refractivity (Wildman–Crippen MR) is 70.7 cm³/mol. The Balaban J connectivity index is 2.62. The van der Waals surface area contributed by atoms with Gasteiger partial charge in [-0.3, -0.25) is 4.68 Å². The highest BCUT2D eigenvalue weighted by atomic mass is 79.9. The van der Waals surface area contributed by atoms with E-state index in [9.17, 15) is 8.78 Å². The number of aryl methyl sites for hydroxylation is 2. The van der Waals surface area contributed by atoms with Crippen molar-refractivity contribution in [2.75, 3.05) is 0 Å². The number of benzene rings is 1. The van der Waals surface area contributed by atoms with Crippen molar-refractivity contribution in [1.82, 2.24) is 9.78 Å². The van der Waals surface area contributed by atoms with Gasteiger partial charge in [0.25, 0.3) is 6.43 Å². The monoisotopic (exact) mass is 314 g/mol. The molecule has 0 saturated carbocycles. The Morgan fingerprint density at radius 2 is 2.11 bits per heavy atom. The van der Waals surface area contributed by atoms with Gasteiger partial charge in [0.2, 0.25) is 0 Å². The molecule has 96 valence electrons. The lowest BCUT2D eigenvalue weighted by molar-refractivity contribution is 0.152. The van der Waals surface area contributed by atoms with E-state index in [4.69, 9.17) is 0 Å². The Bertz CT molecular complexity index is 564. The Morgan fingerprint density at radius 3 is 2.72 bits per heavy atom. The number of rotatable bonds is 3. The molecule has 0 fully saturated rings. The van der Waals surface area contributed by atoms with E-state index in [1.165, 1.54) is 10.9 Å². The number of nitrogens with zero attached hydrogens (tertiary/aromatic N) is 2. The number of alkyl halides is 2. The van der Waals surface area contributed by atoms with E-state index in [0.29, 0.717) is 17.8 Å². The van der Waals surface area contributed by atoms with Crippen LogP contribution < -0.4 is 0 Å². The SMILES string of the molecule is CCn1cc(C(F)F)c(-c2cccc(C)c2Br)n1. The first-order valence-corrected chi connectivity index (χ1v) is 6.44. The molecule has 0 aliphatic heterocycles. The second-order valence-corrected chi connectivity index (χ2v) is 4.82. The summed E-state index contributed by atoms with van der Waals surface area (Å²) in [5.41, 5.74) is 2.03. The van der Waals surface area contributed by atoms with E-state index in [2.05, 4.69) is 21.0 Å². The lowest BCUT2D eigenvalue weighted by atomic mass is 10.1. The molecule has 0 aliphatic carbocycles. The van der Waals surface area contributed by atoms with Crippen LogP contribution in [0.2, 0.25) is 0 Å². The van der Waals surface area contributed by atoms with Crippen LogP contribution in [0.25, 0.3) is 11.3 Å². The molecule has 2 aromatic rings. The second kappa shape index (κ2) is 5.18. The molecule has 0 saturated heterocycles. The topological polar surface area (TPSA) is 17.8 Å². The van der Waals surface area contributed by atoms with Crippen molar-refractivity contribution in [3.8, 4) is 11.3 Å². The smallest absolute Gasteiger partial charge is 0.267 e. The van der Waals surface area contributed by atoms with Crippen LogP contribution in [0.15, 0.2) is 28.9 Å². The molecule has 2 rings (SSSR count). The van der Waals surface area contributed by atoms with Gasteiger partial charge in [0.05, 0.1) is 5.56 Å². The lowest BCUT2D eigenvalue weighted by Crippen LogP contribution is -1.94. The zero-order valence-electron chi connectivity index (χ0n) is 10.1. The molecule has 2 nitrogen and oxygen atoms in total. The number of aromatic nitrogens is 2. The standard InChI is InChI=1S/C13H13BrF2N2/c1-3-18-7-10(13(15)16)12(17-18)9-6-4-5-8(2)11(9)14/h4-7,13H,3H2,1-2H3. The Hall–Kier alpha value is -1.23. The first-order chi connectivity index (χ1) is 8.54. The first kappa shape index (κ1) is 13.2. The largest absolute Gasteiger partial charge is 0.272 e. The fourth-order valence-electron chi connectivity index (χ4n) is 1.80. The van der Waals surface area contributed by atoms with Gasteiger partial charge in [0.15, 0.2) is 0 Å². The van der Waals surface area contributed by atoms with Crippen molar-refractivity contribution in [3.63, 3.8) is 0 Å². The zero-order valence-corrected chi connectivity index (χ0v) is 11.7. The van der Waals surface area contributed by atoms with Crippen molar-refractivity contribution in [1.29, 1.82) is 0 Å². The summed E-state index contributed by atoms with van der Waals surface area (Å²) in [7, 11) is 0. The van der Waals surface area contributed by atoms with Gasteiger partial charge < -0.3 is 0 Å². The minimum atomic E-state index is -2.52. The lowest BCUT2D eigenvalue weighted by Gasteiger charge is -2.06. The third-order valence-corrected chi connectivity index (χ3v) is 3.85. The third-order valence-electron chi connectivity index (χ3n) is 2.80. The molecule has 0 unspecified atom stereocenters. The van der Waals surface area contributed by atoms with Crippen LogP contribution in [-0.2, 0) is 6.54 Å². The molecule has 5 heteroatoms. The quantitative estimate of drug-likeness (QED) is 0.811. The van der Waals surface area contributed by atoms with Gasteiger partial charge in [-0.15, -0.1) is 0 Å². The highest BCUT2D eigenvalue weighted by molar-refractivity contribution is 9.10. The maximum atomic E-state index is 13.0. The molecule has 18 heavy (non-hydrogen) atoms. The van der Waals surface area contributed by atoms with Crippen molar-refractivity contribution in [3.05, 3.63) is 40.0 Å². The van der Waals surface area contributed by atoms with Crippen molar-refractivity contribution >= 4 is 15.9 Å². The molecule has 0 bridgehead atoms. The highest BCUT2D eigenvalue weighted by Gasteiger charge is 2.20. The van der Waals surface area contributed by atoms with Gasteiger partial charge in [0, 0.05) is 22.8 Å². The molecular formula is C13H13BrF2N2. The average Bonchev–Trinajstić information content (AvgIpc) is 2.77. The van der Waals surface area contributed by atoms with E-state index in [0.717, 1.165) is 10.0 Å². The summed E-state index contributed by atoms with van der Waals surface area (Å²) in [4.78, 5) is 0. The molecular weight excluding hydrogens is 302 g/mol. The van der Waals surface area contributed by atoms with Crippen molar-refractivity contribution < 1.29 is 8.78 Å². The summed E-state index contributed by atoms with van der Waals surface area (Å²) in [6.45, 7) is 4.37. The van der Waals surface area contributed by atoms with E-state index < -0.39 is 6.43 Å². The molecule has 0 atom stereocenters. The van der Waals surface area contributed by atoms with Crippen LogP contribution in [-0.4, -0.2) is 9.78 Å². The number of hydrogen-bond donors (Lipinski definition) is 0. The van der Waals surface area contributed by atoms with Crippen LogP contribution in [0.5, 0.6) is 0 Å². The van der Waals surface area contributed by atoms with Crippen molar-refractivity contribution in [2.45, 2.75) is 26.8 Å². The van der Waals surface area contributed by atoms with E-state index in [1.54, 1.807) is 6.07 Å². The average molecular weight is 315 g/mol. The summed E-state index contributed by atoms with van der Waals surface area (Å²) >= 11 is 3.44. The van der Waals surface area contributed by atoms with Gasteiger partial charge in [0.1, 0.15) is 5.69 Å². The number of halogens is 3. The summed E-state index contributed by atoms with van der Waals surface area (Å²) in [5.74, 6) is 0. The molecule has 0 radical (unpaired) electrons. The summed E-state index contributed by atoms with van der Waals surface area (Å²) in [6.07, 6.45) is -1.11. The third kappa shape index (κ3) is 2.32. The Kier molecular flexibility index (Phi) is 3.80. The van der Waals surface area contributed by atoms with E-state index in [-0.39, 0.29) is 5.56 Å². The minimum absolute atomic E-state index is 0.0249. The van der Waals surface area contributed by atoms with Crippen LogP contribution in [0, 0.1) is 6.92 Å². The van der Waals surface area contributed by atoms with Gasteiger partial charge in [-0.2, -0.15) is 5.10 Å². The van der Waals surface area contributed by atoms with Crippen molar-refractivity contribution in [2.24, 2.45) is 0 Å². The summed E-state index contributed by atoms with van der Waals surface area (Å²) < 4.78 is 28.4. The molecule has 1 heterocycles. The van der Waals surface area contributed by atoms with Crippen LogP contribution in [0.1, 0.15) is 24.5 Å². The first-order valence-electron chi connectivity index (χ1n) is 5.65. The maximum Gasteiger partial charge on any atom is 0.267 e. The molecule has 1 aromatic carbocycles. The van der Waals surface area contributed by atoms with Gasteiger partial charge in [-0.25, -0.2) is 8.78 Å². The fourth-order valence-corrected chi connectivity index (χ4v) is 2.25. The molecule has 0 spiro atoms. The minimum Gasteiger partial charge on any atom is -0.272 e.